The van der Waals surface area contributed by atoms with Crippen molar-refractivity contribution in [2.45, 2.75) is 13.8 Å². The van der Waals surface area contributed by atoms with Gasteiger partial charge in [-0.3, -0.25) is 4.79 Å². The standard InChI is InChI=1S/C12H8N2OS2.C2H6/c15-12-11(9-2-4-17-7-9)10(5-13-14-12)8-1-3-16-6-8;1-2/h1-7H,(H,14,15);1-2H3. The molecule has 19 heavy (non-hydrogen) atoms. The van der Waals surface area contributed by atoms with Crippen LogP contribution >= 0.6 is 22.7 Å². The molecule has 0 atom stereocenters. The topological polar surface area (TPSA) is 45.8 Å². The largest absolute Gasteiger partial charge is 0.272 e. The number of nitrogens with zero attached hydrogens (tertiary/aromatic N) is 1. The van der Waals surface area contributed by atoms with Gasteiger partial charge in [-0.05, 0) is 44.8 Å². The summed E-state index contributed by atoms with van der Waals surface area (Å²) in [6.07, 6.45) is 1.70. The van der Waals surface area contributed by atoms with Crippen molar-refractivity contribution in [1.82, 2.24) is 10.2 Å². The maximum absolute atomic E-state index is 11.9. The van der Waals surface area contributed by atoms with Gasteiger partial charge in [-0.2, -0.15) is 27.8 Å². The number of aromatic nitrogens is 2. The minimum Gasteiger partial charge on any atom is -0.267 e. The zero-order chi connectivity index (χ0) is 13.7. The third-order valence-electron chi connectivity index (χ3n) is 2.50. The Balaban J connectivity index is 0.000000637. The molecule has 0 bridgehead atoms. The third kappa shape index (κ3) is 2.83. The molecule has 3 aromatic heterocycles. The minimum absolute atomic E-state index is 0.146. The normalized spacial score (nSPS) is 9.79. The van der Waals surface area contributed by atoms with E-state index in [1.807, 2.05) is 47.5 Å². The fourth-order valence-corrected chi connectivity index (χ4v) is 3.03. The lowest BCUT2D eigenvalue weighted by atomic mass is 10.0. The summed E-state index contributed by atoms with van der Waals surface area (Å²) in [6.45, 7) is 4.00. The van der Waals surface area contributed by atoms with Crippen molar-refractivity contribution in [3.8, 4) is 22.3 Å². The van der Waals surface area contributed by atoms with Crippen LogP contribution in [-0.4, -0.2) is 10.2 Å². The maximum atomic E-state index is 11.9. The van der Waals surface area contributed by atoms with Crippen molar-refractivity contribution in [3.05, 3.63) is 50.2 Å². The second kappa shape index (κ2) is 6.45. The molecule has 98 valence electrons. The first kappa shape index (κ1) is 13.7. The molecule has 3 rings (SSSR count). The third-order valence-corrected chi connectivity index (χ3v) is 3.86. The monoisotopic (exact) mass is 290 g/mol. The number of rotatable bonds is 2. The highest BCUT2D eigenvalue weighted by Gasteiger charge is 2.12. The van der Waals surface area contributed by atoms with E-state index < -0.39 is 0 Å². The summed E-state index contributed by atoms with van der Waals surface area (Å²) >= 11 is 3.19. The Morgan fingerprint density at radius 1 is 1.05 bits per heavy atom. The van der Waals surface area contributed by atoms with Gasteiger partial charge in [0.25, 0.3) is 5.56 Å². The lowest BCUT2D eigenvalue weighted by Gasteiger charge is -2.04. The van der Waals surface area contributed by atoms with Crippen LogP contribution in [-0.2, 0) is 0 Å². The summed E-state index contributed by atoms with van der Waals surface area (Å²) in [4.78, 5) is 11.9. The lowest BCUT2D eigenvalue weighted by molar-refractivity contribution is 0.994. The van der Waals surface area contributed by atoms with Gasteiger partial charge in [-0.15, -0.1) is 0 Å². The van der Waals surface area contributed by atoms with Gasteiger partial charge in [0.15, 0.2) is 0 Å². The maximum Gasteiger partial charge on any atom is 0.272 e. The van der Waals surface area contributed by atoms with Crippen LogP contribution in [0.15, 0.2) is 44.6 Å². The second-order valence-corrected chi connectivity index (χ2v) is 5.07. The minimum atomic E-state index is -0.146. The van der Waals surface area contributed by atoms with E-state index in [1.54, 1.807) is 28.9 Å². The molecule has 1 N–H and O–H groups in total. The van der Waals surface area contributed by atoms with E-state index in [-0.39, 0.29) is 5.56 Å². The van der Waals surface area contributed by atoms with Crippen molar-refractivity contribution < 1.29 is 0 Å². The van der Waals surface area contributed by atoms with Gasteiger partial charge in [0.05, 0.1) is 11.8 Å². The van der Waals surface area contributed by atoms with Crippen LogP contribution in [0.2, 0.25) is 0 Å². The first-order valence-electron chi connectivity index (χ1n) is 5.99. The van der Waals surface area contributed by atoms with Crippen molar-refractivity contribution in [2.75, 3.05) is 0 Å². The SMILES string of the molecule is CC.O=c1[nH]ncc(-c2ccsc2)c1-c1ccsc1. The molecule has 0 saturated carbocycles. The summed E-state index contributed by atoms with van der Waals surface area (Å²) in [5.41, 5.74) is 3.41. The summed E-state index contributed by atoms with van der Waals surface area (Å²) in [7, 11) is 0. The predicted octanol–water partition coefficient (Wildman–Crippen LogP) is 4.25. The van der Waals surface area contributed by atoms with Crippen molar-refractivity contribution in [3.63, 3.8) is 0 Å². The molecule has 3 nitrogen and oxygen atoms in total. The van der Waals surface area contributed by atoms with Crippen molar-refractivity contribution in [1.29, 1.82) is 0 Å². The van der Waals surface area contributed by atoms with Crippen LogP contribution in [0.3, 0.4) is 0 Å². The molecule has 3 aromatic rings. The first-order chi connectivity index (χ1) is 9.36. The number of aromatic amines is 1. The second-order valence-electron chi connectivity index (χ2n) is 3.51. The van der Waals surface area contributed by atoms with Crippen LogP contribution in [0.1, 0.15) is 13.8 Å². The highest BCUT2D eigenvalue weighted by Crippen LogP contribution is 2.30. The molecule has 0 aliphatic heterocycles. The van der Waals surface area contributed by atoms with E-state index in [1.165, 1.54) is 0 Å². The zero-order valence-corrected chi connectivity index (χ0v) is 12.3. The van der Waals surface area contributed by atoms with Crippen LogP contribution in [0.4, 0.5) is 0 Å². The number of H-pyrrole nitrogens is 1. The Kier molecular flexibility index (Phi) is 4.65. The summed E-state index contributed by atoms with van der Waals surface area (Å²) in [6, 6.07) is 3.95. The van der Waals surface area contributed by atoms with Crippen molar-refractivity contribution in [2.24, 2.45) is 0 Å². The summed E-state index contributed by atoms with van der Waals surface area (Å²) in [5, 5.41) is 14.3. The van der Waals surface area contributed by atoms with Gasteiger partial charge < -0.3 is 0 Å². The number of nitrogens with one attached hydrogen (secondary N) is 1. The molecule has 5 heteroatoms. The predicted molar refractivity (Wildman–Crippen MR) is 82.8 cm³/mol. The molecule has 0 aliphatic carbocycles. The van der Waals surface area contributed by atoms with Crippen LogP contribution in [0, 0.1) is 0 Å². The molecule has 0 aromatic carbocycles. The van der Waals surface area contributed by atoms with Gasteiger partial charge in [0.1, 0.15) is 0 Å². The van der Waals surface area contributed by atoms with Crippen LogP contribution in [0.5, 0.6) is 0 Å². The van der Waals surface area contributed by atoms with Gasteiger partial charge in [-0.1, -0.05) is 13.8 Å². The number of hydrogen-bond acceptors (Lipinski definition) is 4. The van der Waals surface area contributed by atoms with E-state index in [4.69, 9.17) is 0 Å². The molecule has 0 aliphatic rings. The van der Waals surface area contributed by atoms with E-state index in [9.17, 15) is 4.79 Å². The molecule has 0 saturated heterocycles. The molecule has 3 heterocycles. The van der Waals surface area contributed by atoms with Gasteiger partial charge in [0.2, 0.25) is 0 Å². The molecule has 0 amide bonds. The fourth-order valence-electron chi connectivity index (χ4n) is 1.73. The highest BCUT2D eigenvalue weighted by molar-refractivity contribution is 7.08. The first-order valence-corrected chi connectivity index (χ1v) is 7.87. The molecule has 0 radical (unpaired) electrons. The Hall–Kier alpha value is -1.72. The molecular formula is C14H14N2OS2. The quantitative estimate of drug-likeness (QED) is 0.766. The number of thiophene rings is 2. The van der Waals surface area contributed by atoms with E-state index in [2.05, 4.69) is 10.2 Å². The Morgan fingerprint density at radius 3 is 2.26 bits per heavy atom. The van der Waals surface area contributed by atoms with Crippen LogP contribution in [0.25, 0.3) is 22.3 Å². The molecule has 0 fully saturated rings. The average molecular weight is 290 g/mol. The average Bonchev–Trinajstić information content (AvgIpc) is 3.14. The smallest absolute Gasteiger partial charge is 0.267 e. The van der Waals surface area contributed by atoms with Crippen molar-refractivity contribution >= 4 is 22.7 Å². The van der Waals surface area contributed by atoms with E-state index >= 15 is 0 Å². The Labute approximate surface area is 119 Å². The summed E-state index contributed by atoms with van der Waals surface area (Å²) in [5.74, 6) is 0. The fraction of sp³-hybridized carbons (Fsp3) is 0.143. The Morgan fingerprint density at radius 2 is 1.68 bits per heavy atom. The van der Waals surface area contributed by atoms with Gasteiger partial charge >= 0.3 is 0 Å². The van der Waals surface area contributed by atoms with Gasteiger partial charge in [-0.25, -0.2) is 5.10 Å². The molecular weight excluding hydrogens is 276 g/mol. The lowest BCUT2D eigenvalue weighted by Crippen LogP contribution is -2.11. The van der Waals surface area contributed by atoms with Gasteiger partial charge in [0, 0.05) is 5.56 Å². The molecule has 0 unspecified atom stereocenters. The highest BCUT2D eigenvalue weighted by atomic mass is 32.1. The zero-order valence-electron chi connectivity index (χ0n) is 10.7. The summed E-state index contributed by atoms with van der Waals surface area (Å²) < 4.78 is 0. The van der Waals surface area contributed by atoms with E-state index in [0.717, 1.165) is 16.7 Å². The molecule has 0 spiro atoms. The van der Waals surface area contributed by atoms with E-state index in [0.29, 0.717) is 5.56 Å². The Bertz CT molecular complexity index is 670. The number of hydrogen-bond donors (Lipinski definition) is 1. The van der Waals surface area contributed by atoms with Crippen LogP contribution < -0.4 is 5.56 Å².